The summed E-state index contributed by atoms with van der Waals surface area (Å²) in [5.41, 5.74) is 1.14. The van der Waals surface area contributed by atoms with E-state index in [1.807, 2.05) is 0 Å². The molecular formula is C11H16NO4P. The topological polar surface area (TPSA) is 65.0 Å². The van der Waals surface area contributed by atoms with Crippen molar-refractivity contribution < 1.29 is 13.6 Å². The van der Waals surface area contributed by atoms with Gasteiger partial charge in [-0.2, -0.15) is 0 Å². The van der Waals surface area contributed by atoms with Gasteiger partial charge in [0, 0.05) is 0 Å². The van der Waals surface area contributed by atoms with Crippen molar-refractivity contribution in [2.24, 2.45) is 5.18 Å². The predicted octanol–water partition coefficient (Wildman–Crippen LogP) is 3.85. The number of benzene rings is 1. The fourth-order valence-electron chi connectivity index (χ4n) is 1.41. The van der Waals surface area contributed by atoms with Gasteiger partial charge in [-0.3, -0.25) is 4.57 Å². The first-order chi connectivity index (χ1) is 8.13. The first-order valence-electron chi connectivity index (χ1n) is 5.44. The van der Waals surface area contributed by atoms with E-state index >= 15 is 0 Å². The van der Waals surface area contributed by atoms with Gasteiger partial charge in [0.05, 0.1) is 19.4 Å². The summed E-state index contributed by atoms with van der Waals surface area (Å²) in [5.74, 6) is 0. The lowest BCUT2D eigenvalue weighted by Crippen LogP contribution is -1.98. The van der Waals surface area contributed by atoms with Gasteiger partial charge in [-0.25, -0.2) is 0 Å². The van der Waals surface area contributed by atoms with Crippen LogP contribution in [0.1, 0.15) is 19.4 Å². The molecule has 0 heterocycles. The standard InChI is InChI=1S/C11H16NO4P/c1-3-15-17(14,16-4-2)9-10-5-7-11(12-13)8-6-10/h5-8H,3-4,9H2,1-2H3. The second-order valence-electron chi connectivity index (χ2n) is 3.36. The van der Waals surface area contributed by atoms with E-state index < -0.39 is 7.60 Å². The van der Waals surface area contributed by atoms with E-state index in [2.05, 4.69) is 5.18 Å². The van der Waals surface area contributed by atoms with E-state index in [0.29, 0.717) is 18.9 Å². The lowest BCUT2D eigenvalue weighted by Gasteiger charge is -2.16. The Morgan fingerprint density at radius 1 is 1.12 bits per heavy atom. The molecule has 0 radical (unpaired) electrons. The fourth-order valence-corrected chi connectivity index (χ4v) is 3.11. The van der Waals surface area contributed by atoms with Gasteiger partial charge in [0.25, 0.3) is 0 Å². The zero-order valence-electron chi connectivity index (χ0n) is 9.96. The maximum atomic E-state index is 12.2. The average Bonchev–Trinajstić information content (AvgIpc) is 2.30. The number of rotatable bonds is 7. The van der Waals surface area contributed by atoms with E-state index in [1.54, 1.807) is 38.1 Å². The fraction of sp³-hybridized carbons (Fsp3) is 0.455. The molecular weight excluding hydrogens is 241 g/mol. The SMILES string of the molecule is CCOP(=O)(Cc1ccc(N=O)cc1)OCC. The van der Waals surface area contributed by atoms with Crippen molar-refractivity contribution in [3.63, 3.8) is 0 Å². The molecule has 0 aromatic heterocycles. The van der Waals surface area contributed by atoms with Crippen LogP contribution in [0.2, 0.25) is 0 Å². The maximum absolute atomic E-state index is 12.2. The molecule has 0 aliphatic rings. The quantitative estimate of drug-likeness (QED) is 0.549. The van der Waals surface area contributed by atoms with Crippen LogP contribution in [0.3, 0.4) is 0 Å². The molecule has 0 fully saturated rings. The van der Waals surface area contributed by atoms with Crippen LogP contribution < -0.4 is 0 Å². The molecule has 0 N–H and O–H groups in total. The van der Waals surface area contributed by atoms with Crippen LogP contribution in [0.25, 0.3) is 0 Å². The van der Waals surface area contributed by atoms with Crippen LogP contribution in [0.4, 0.5) is 5.69 Å². The van der Waals surface area contributed by atoms with Crippen molar-refractivity contribution >= 4 is 13.3 Å². The van der Waals surface area contributed by atoms with Gasteiger partial charge >= 0.3 is 7.60 Å². The van der Waals surface area contributed by atoms with Crippen LogP contribution in [0.5, 0.6) is 0 Å². The van der Waals surface area contributed by atoms with Gasteiger partial charge < -0.3 is 9.05 Å². The molecule has 5 nitrogen and oxygen atoms in total. The summed E-state index contributed by atoms with van der Waals surface area (Å²) in [4.78, 5) is 10.3. The summed E-state index contributed by atoms with van der Waals surface area (Å²) in [7, 11) is -3.07. The molecule has 6 heteroatoms. The van der Waals surface area contributed by atoms with Crippen molar-refractivity contribution in [2.75, 3.05) is 13.2 Å². The molecule has 1 aromatic rings. The second-order valence-corrected chi connectivity index (χ2v) is 5.42. The third-order valence-corrected chi connectivity index (χ3v) is 4.13. The maximum Gasteiger partial charge on any atom is 0.335 e. The van der Waals surface area contributed by atoms with E-state index in [-0.39, 0.29) is 6.16 Å². The van der Waals surface area contributed by atoms with Crippen molar-refractivity contribution in [1.82, 2.24) is 0 Å². The summed E-state index contributed by atoms with van der Waals surface area (Å²) in [6, 6.07) is 6.54. The normalized spacial score (nSPS) is 11.4. The minimum atomic E-state index is -3.07. The number of hydrogen-bond donors (Lipinski definition) is 0. The average molecular weight is 257 g/mol. The highest BCUT2D eigenvalue weighted by molar-refractivity contribution is 7.53. The smallest absolute Gasteiger partial charge is 0.309 e. The lowest BCUT2D eigenvalue weighted by atomic mass is 10.2. The van der Waals surface area contributed by atoms with Crippen molar-refractivity contribution in [3.05, 3.63) is 34.7 Å². The van der Waals surface area contributed by atoms with E-state index in [0.717, 1.165) is 5.56 Å². The summed E-state index contributed by atoms with van der Waals surface area (Å²) >= 11 is 0. The first kappa shape index (κ1) is 14.0. The highest BCUT2D eigenvalue weighted by Crippen LogP contribution is 2.51. The molecule has 0 unspecified atom stereocenters. The van der Waals surface area contributed by atoms with E-state index in [9.17, 15) is 9.47 Å². The van der Waals surface area contributed by atoms with Crippen molar-refractivity contribution in [3.8, 4) is 0 Å². The Morgan fingerprint density at radius 3 is 2.06 bits per heavy atom. The molecule has 1 aromatic carbocycles. The molecule has 94 valence electrons. The molecule has 0 saturated carbocycles. The van der Waals surface area contributed by atoms with Crippen molar-refractivity contribution in [1.29, 1.82) is 0 Å². The molecule has 0 spiro atoms. The molecule has 0 saturated heterocycles. The Kier molecular flexibility index (Phi) is 5.48. The molecule has 0 bridgehead atoms. The Hall–Kier alpha value is -1.03. The number of nitroso groups, excluding NO2 is 1. The van der Waals surface area contributed by atoms with E-state index in [4.69, 9.17) is 9.05 Å². The highest BCUT2D eigenvalue weighted by Gasteiger charge is 2.23. The molecule has 0 aliphatic carbocycles. The number of nitrogens with zero attached hydrogens (tertiary/aromatic N) is 1. The monoisotopic (exact) mass is 257 g/mol. The molecule has 1 rings (SSSR count). The summed E-state index contributed by atoms with van der Waals surface area (Å²) in [6.07, 6.45) is 0.202. The Balaban J connectivity index is 2.78. The molecule has 0 atom stereocenters. The van der Waals surface area contributed by atoms with Gasteiger partial charge in [-0.15, -0.1) is 4.91 Å². The molecule has 0 amide bonds. The van der Waals surface area contributed by atoms with Gasteiger partial charge in [0.1, 0.15) is 5.69 Å². The predicted molar refractivity (Wildman–Crippen MR) is 66.5 cm³/mol. The highest BCUT2D eigenvalue weighted by atomic mass is 31.2. The molecule has 0 aliphatic heterocycles. The minimum Gasteiger partial charge on any atom is -0.309 e. The van der Waals surface area contributed by atoms with Crippen LogP contribution in [-0.2, 0) is 19.8 Å². The Morgan fingerprint density at radius 2 is 1.65 bits per heavy atom. The largest absolute Gasteiger partial charge is 0.335 e. The van der Waals surface area contributed by atoms with E-state index in [1.165, 1.54) is 0 Å². The van der Waals surface area contributed by atoms with Crippen LogP contribution in [0, 0.1) is 4.91 Å². The summed E-state index contributed by atoms with van der Waals surface area (Å²) < 4.78 is 22.6. The number of hydrogen-bond acceptors (Lipinski definition) is 5. The van der Waals surface area contributed by atoms with Gasteiger partial charge in [-0.05, 0) is 36.7 Å². The second kappa shape index (κ2) is 6.64. The van der Waals surface area contributed by atoms with Gasteiger partial charge in [0.15, 0.2) is 0 Å². The zero-order valence-corrected chi connectivity index (χ0v) is 10.9. The molecule has 17 heavy (non-hydrogen) atoms. The summed E-state index contributed by atoms with van der Waals surface area (Å²) in [6.45, 7) is 4.21. The van der Waals surface area contributed by atoms with Crippen LogP contribution in [0.15, 0.2) is 29.4 Å². The lowest BCUT2D eigenvalue weighted by molar-refractivity contribution is 0.219. The van der Waals surface area contributed by atoms with Crippen LogP contribution in [-0.4, -0.2) is 13.2 Å². The van der Waals surface area contributed by atoms with Crippen LogP contribution >= 0.6 is 7.60 Å². The van der Waals surface area contributed by atoms with Gasteiger partial charge in [0.2, 0.25) is 0 Å². The zero-order chi connectivity index (χ0) is 12.7. The summed E-state index contributed by atoms with van der Waals surface area (Å²) in [5, 5.41) is 2.80. The van der Waals surface area contributed by atoms with Crippen molar-refractivity contribution in [2.45, 2.75) is 20.0 Å². The Labute approximate surface area is 101 Å². The van der Waals surface area contributed by atoms with Gasteiger partial charge in [-0.1, -0.05) is 12.1 Å². The third-order valence-electron chi connectivity index (χ3n) is 2.07. The minimum absolute atomic E-state index is 0.202. The third kappa shape index (κ3) is 4.38. The Bertz CT molecular complexity index is 394. The first-order valence-corrected chi connectivity index (χ1v) is 7.16.